The van der Waals surface area contributed by atoms with E-state index in [0.717, 1.165) is 0 Å². The third kappa shape index (κ3) is 5.35. The van der Waals surface area contributed by atoms with Crippen LogP contribution in [-0.4, -0.2) is 40.7 Å². The first-order valence-electron chi connectivity index (χ1n) is 6.03. The molecule has 1 unspecified atom stereocenters. The third-order valence-electron chi connectivity index (χ3n) is 2.47. The summed E-state index contributed by atoms with van der Waals surface area (Å²) in [5.41, 5.74) is 0.206. The van der Waals surface area contributed by atoms with E-state index >= 15 is 0 Å². The largest absolute Gasteiger partial charge is 0.490 e. The maximum absolute atomic E-state index is 11.8. The van der Waals surface area contributed by atoms with E-state index < -0.39 is 30.3 Å². The summed E-state index contributed by atoms with van der Waals surface area (Å²) in [7, 11) is 0. The van der Waals surface area contributed by atoms with E-state index in [1.807, 2.05) is 0 Å². The van der Waals surface area contributed by atoms with Crippen molar-refractivity contribution in [2.45, 2.75) is 12.5 Å². The highest BCUT2D eigenvalue weighted by molar-refractivity contribution is 5.97. The molecule has 21 heavy (non-hydrogen) atoms. The lowest BCUT2D eigenvalue weighted by atomic mass is 10.1. The van der Waals surface area contributed by atoms with Crippen LogP contribution in [-0.2, 0) is 9.59 Å². The molecule has 0 radical (unpaired) electrons. The molecule has 0 aliphatic heterocycles. The van der Waals surface area contributed by atoms with Gasteiger partial charge in [0.2, 0.25) is 0 Å². The second kappa shape index (κ2) is 7.68. The van der Waals surface area contributed by atoms with E-state index in [-0.39, 0.29) is 5.56 Å². The summed E-state index contributed by atoms with van der Waals surface area (Å²) >= 11 is 0. The first-order chi connectivity index (χ1) is 9.93. The van der Waals surface area contributed by atoms with Gasteiger partial charge in [-0.05, 0) is 24.3 Å². The van der Waals surface area contributed by atoms with Gasteiger partial charge in [0.25, 0.3) is 5.91 Å². The molecule has 1 rings (SSSR count). The molecule has 1 aromatic carbocycles. The average Bonchev–Trinajstić information content (AvgIpc) is 2.44. The Morgan fingerprint density at radius 2 is 1.86 bits per heavy atom. The van der Waals surface area contributed by atoms with Crippen molar-refractivity contribution in [2.24, 2.45) is 0 Å². The molecule has 7 heteroatoms. The molecule has 1 atom stereocenters. The van der Waals surface area contributed by atoms with Gasteiger partial charge in [0.15, 0.2) is 0 Å². The van der Waals surface area contributed by atoms with Gasteiger partial charge in [0.05, 0.1) is 6.42 Å². The lowest BCUT2D eigenvalue weighted by Crippen LogP contribution is -2.42. The van der Waals surface area contributed by atoms with Crippen molar-refractivity contribution >= 4 is 17.8 Å². The molecule has 1 amide bonds. The van der Waals surface area contributed by atoms with E-state index in [1.54, 1.807) is 18.2 Å². The van der Waals surface area contributed by atoms with Crippen molar-refractivity contribution in [2.75, 3.05) is 6.61 Å². The zero-order valence-electron chi connectivity index (χ0n) is 11.1. The molecule has 0 spiro atoms. The minimum atomic E-state index is -1.48. The third-order valence-corrected chi connectivity index (χ3v) is 2.47. The SMILES string of the molecule is C=CCOc1ccc(C(=O)NC(CC(=O)O)C(=O)O)cc1. The fourth-order valence-electron chi connectivity index (χ4n) is 1.47. The molecule has 0 fully saturated rings. The van der Waals surface area contributed by atoms with Gasteiger partial charge in [-0.2, -0.15) is 0 Å². The topological polar surface area (TPSA) is 113 Å². The lowest BCUT2D eigenvalue weighted by Gasteiger charge is -2.12. The molecule has 0 saturated carbocycles. The summed E-state index contributed by atoms with van der Waals surface area (Å²) in [5.74, 6) is -2.85. The molecule has 0 heterocycles. The minimum Gasteiger partial charge on any atom is -0.490 e. The van der Waals surface area contributed by atoms with Gasteiger partial charge in [0.1, 0.15) is 18.4 Å². The smallest absolute Gasteiger partial charge is 0.326 e. The van der Waals surface area contributed by atoms with Gasteiger partial charge >= 0.3 is 11.9 Å². The summed E-state index contributed by atoms with van der Waals surface area (Å²) in [4.78, 5) is 33.2. The number of carboxylic acid groups (broad SMARTS) is 2. The van der Waals surface area contributed by atoms with Gasteiger partial charge in [-0.25, -0.2) is 4.79 Å². The van der Waals surface area contributed by atoms with E-state index in [2.05, 4.69) is 11.9 Å². The minimum absolute atomic E-state index is 0.206. The van der Waals surface area contributed by atoms with Crippen molar-refractivity contribution in [3.63, 3.8) is 0 Å². The predicted octanol–water partition coefficient (Wildman–Crippen LogP) is 0.909. The van der Waals surface area contributed by atoms with Crippen molar-refractivity contribution in [1.82, 2.24) is 5.32 Å². The second-order valence-corrected chi connectivity index (χ2v) is 4.09. The molecule has 0 aromatic heterocycles. The maximum atomic E-state index is 11.8. The van der Waals surface area contributed by atoms with Crippen LogP contribution in [0.3, 0.4) is 0 Å². The van der Waals surface area contributed by atoms with Crippen LogP contribution in [0.15, 0.2) is 36.9 Å². The van der Waals surface area contributed by atoms with Crippen molar-refractivity contribution in [3.05, 3.63) is 42.5 Å². The van der Waals surface area contributed by atoms with Crippen LogP contribution in [0.25, 0.3) is 0 Å². The lowest BCUT2D eigenvalue weighted by molar-refractivity contribution is -0.145. The summed E-state index contributed by atoms with van der Waals surface area (Å²) in [6, 6.07) is 4.52. The normalized spacial score (nSPS) is 11.2. The predicted molar refractivity (Wildman–Crippen MR) is 73.3 cm³/mol. The number of hydrogen-bond acceptors (Lipinski definition) is 4. The standard InChI is InChI=1S/C14H15NO6/c1-2-7-21-10-5-3-9(4-6-10)13(18)15-11(14(19)20)8-12(16)17/h2-6,11H,1,7-8H2,(H,15,18)(H,16,17)(H,19,20). The highest BCUT2D eigenvalue weighted by Gasteiger charge is 2.23. The number of rotatable bonds is 8. The van der Waals surface area contributed by atoms with E-state index in [4.69, 9.17) is 14.9 Å². The Balaban J connectivity index is 2.71. The summed E-state index contributed by atoms with van der Waals surface area (Å²) in [6.45, 7) is 3.83. The molecule has 0 saturated heterocycles. The second-order valence-electron chi connectivity index (χ2n) is 4.09. The van der Waals surface area contributed by atoms with Crippen LogP contribution < -0.4 is 10.1 Å². The summed E-state index contributed by atoms with van der Waals surface area (Å²) in [6.07, 6.45) is 0.881. The van der Waals surface area contributed by atoms with Crippen molar-refractivity contribution in [1.29, 1.82) is 0 Å². The van der Waals surface area contributed by atoms with Gasteiger partial charge in [-0.15, -0.1) is 0 Å². The molecule has 7 nitrogen and oxygen atoms in total. The van der Waals surface area contributed by atoms with Gasteiger partial charge in [0, 0.05) is 5.56 Å². The van der Waals surface area contributed by atoms with Crippen LogP contribution in [0.1, 0.15) is 16.8 Å². The van der Waals surface area contributed by atoms with Gasteiger partial charge < -0.3 is 20.3 Å². The maximum Gasteiger partial charge on any atom is 0.326 e. The number of ether oxygens (including phenoxy) is 1. The molecular formula is C14H15NO6. The Morgan fingerprint density at radius 1 is 1.24 bits per heavy atom. The molecule has 1 aromatic rings. The Labute approximate surface area is 120 Å². The van der Waals surface area contributed by atoms with Crippen LogP contribution in [0.4, 0.5) is 0 Å². The number of nitrogens with one attached hydrogen (secondary N) is 1. The van der Waals surface area contributed by atoms with Gasteiger partial charge in [-0.3, -0.25) is 9.59 Å². The van der Waals surface area contributed by atoms with Crippen LogP contribution in [0.5, 0.6) is 5.75 Å². The Hall–Kier alpha value is -2.83. The first-order valence-corrected chi connectivity index (χ1v) is 6.03. The van der Waals surface area contributed by atoms with Crippen LogP contribution >= 0.6 is 0 Å². The fraction of sp³-hybridized carbons (Fsp3) is 0.214. The highest BCUT2D eigenvalue weighted by atomic mass is 16.5. The Bertz CT molecular complexity index is 537. The fourth-order valence-corrected chi connectivity index (χ4v) is 1.47. The highest BCUT2D eigenvalue weighted by Crippen LogP contribution is 2.12. The molecular weight excluding hydrogens is 278 g/mol. The molecule has 3 N–H and O–H groups in total. The number of benzene rings is 1. The number of aliphatic carboxylic acids is 2. The number of carbonyl (C=O) groups excluding carboxylic acids is 1. The Kier molecular flexibility index (Phi) is 5.94. The van der Waals surface area contributed by atoms with E-state index in [9.17, 15) is 14.4 Å². The molecule has 0 aliphatic rings. The number of carbonyl (C=O) groups is 3. The monoisotopic (exact) mass is 293 g/mol. The zero-order valence-corrected chi connectivity index (χ0v) is 11.1. The molecule has 0 bridgehead atoms. The van der Waals surface area contributed by atoms with Crippen LogP contribution in [0, 0.1) is 0 Å². The van der Waals surface area contributed by atoms with E-state index in [0.29, 0.717) is 12.4 Å². The number of carboxylic acids is 2. The van der Waals surface area contributed by atoms with Crippen molar-refractivity contribution in [3.8, 4) is 5.75 Å². The Morgan fingerprint density at radius 3 is 2.33 bits per heavy atom. The molecule has 0 aliphatic carbocycles. The molecule has 112 valence electrons. The van der Waals surface area contributed by atoms with Crippen molar-refractivity contribution < 1.29 is 29.3 Å². The van der Waals surface area contributed by atoms with Gasteiger partial charge in [-0.1, -0.05) is 12.7 Å². The van der Waals surface area contributed by atoms with E-state index in [1.165, 1.54) is 12.1 Å². The first kappa shape index (κ1) is 16.2. The zero-order chi connectivity index (χ0) is 15.8. The number of amides is 1. The quantitative estimate of drug-likeness (QED) is 0.614. The number of hydrogen-bond donors (Lipinski definition) is 3. The summed E-state index contributed by atoms with van der Waals surface area (Å²) in [5, 5.41) is 19.6. The average molecular weight is 293 g/mol. The van der Waals surface area contributed by atoms with Crippen LogP contribution in [0.2, 0.25) is 0 Å². The summed E-state index contributed by atoms with van der Waals surface area (Å²) < 4.78 is 5.24.